The predicted octanol–water partition coefficient (Wildman–Crippen LogP) is 0.488. The smallest absolute Gasteiger partial charge is 0.272 e. The zero-order valence-corrected chi connectivity index (χ0v) is 12.8. The fourth-order valence-corrected chi connectivity index (χ4v) is 1.86. The maximum absolute atomic E-state index is 12.0. The lowest BCUT2D eigenvalue weighted by molar-refractivity contribution is -0.120. The van der Waals surface area contributed by atoms with Gasteiger partial charge in [0.15, 0.2) is 0 Å². The van der Waals surface area contributed by atoms with Crippen molar-refractivity contribution in [2.45, 2.75) is 13.3 Å². The molecule has 23 heavy (non-hydrogen) atoms. The Bertz CT molecular complexity index is 740. The third-order valence-corrected chi connectivity index (χ3v) is 3.02. The maximum Gasteiger partial charge on any atom is 0.272 e. The van der Waals surface area contributed by atoms with E-state index in [0.717, 1.165) is 11.1 Å². The van der Waals surface area contributed by atoms with Gasteiger partial charge in [-0.3, -0.25) is 14.4 Å². The van der Waals surface area contributed by atoms with Crippen molar-refractivity contribution in [2.75, 3.05) is 13.1 Å². The number of carbonyl (C=O) groups is 2. The van der Waals surface area contributed by atoms with Crippen LogP contribution in [0.25, 0.3) is 5.69 Å². The summed E-state index contributed by atoms with van der Waals surface area (Å²) < 4.78 is 1.14. The van der Waals surface area contributed by atoms with Gasteiger partial charge in [-0.15, -0.1) is 0 Å². The van der Waals surface area contributed by atoms with Crippen molar-refractivity contribution < 1.29 is 9.59 Å². The summed E-state index contributed by atoms with van der Waals surface area (Å²) in [6.45, 7) is 2.37. The lowest BCUT2D eigenvalue weighted by atomic mass is 10.3. The highest BCUT2D eigenvalue weighted by Gasteiger charge is 2.11. The van der Waals surface area contributed by atoms with Gasteiger partial charge in [-0.1, -0.05) is 25.1 Å². The molecule has 2 rings (SSSR count). The Kier molecular flexibility index (Phi) is 5.62. The number of benzene rings is 1. The molecule has 1 aromatic heterocycles. The van der Waals surface area contributed by atoms with Gasteiger partial charge in [0.25, 0.3) is 11.5 Å². The van der Waals surface area contributed by atoms with Gasteiger partial charge in [0.2, 0.25) is 5.91 Å². The Hall–Kier alpha value is -2.96. The molecule has 0 aliphatic carbocycles. The van der Waals surface area contributed by atoms with Crippen molar-refractivity contribution in [1.29, 1.82) is 0 Å². The van der Waals surface area contributed by atoms with Crippen LogP contribution in [0.4, 0.5) is 0 Å². The molecule has 0 aliphatic rings. The minimum Gasteiger partial charge on any atom is -0.355 e. The number of carbonyl (C=O) groups excluding carboxylic acids is 2. The van der Waals surface area contributed by atoms with Gasteiger partial charge in [0.05, 0.1) is 12.2 Å². The predicted molar refractivity (Wildman–Crippen MR) is 85.5 cm³/mol. The van der Waals surface area contributed by atoms with Gasteiger partial charge >= 0.3 is 0 Å². The summed E-state index contributed by atoms with van der Waals surface area (Å²) >= 11 is 0. The van der Waals surface area contributed by atoms with E-state index in [4.69, 9.17) is 0 Å². The summed E-state index contributed by atoms with van der Waals surface area (Å²) in [4.78, 5) is 35.4. The fraction of sp³-hybridized carbons (Fsp3) is 0.250. The second-order valence-electron chi connectivity index (χ2n) is 4.84. The lowest BCUT2D eigenvalue weighted by Crippen LogP contribution is -2.38. The molecule has 7 nitrogen and oxygen atoms in total. The summed E-state index contributed by atoms with van der Waals surface area (Å²) in [5, 5.41) is 9.18. The highest BCUT2D eigenvalue weighted by molar-refractivity contribution is 5.94. The molecule has 0 spiro atoms. The Balaban J connectivity index is 2.10. The summed E-state index contributed by atoms with van der Waals surface area (Å²) in [6, 6.07) is 11.4. The number of nitrogens with one attached hydrogen (secondary N) is 2. The average Bonchev–Trinajstić information content (AvgIpc) is 2.59. The molecule has 0 unspecified atom stereocenters. The third kappa shape index (κ3) is 4.50. The van der Waals surface area contributed by atoms with Crippen molar-refractivity contribution in [3.05, 3.63) is 58.5 Å². The topological polar surface area (TPSA) is 93.1 Å². The standard InChI is InChI=1S/C16H18N4O3/c1-2-10-17-14(21)11-18-16(23)13-8-9-15(22)20(19-13)12-6-4-3-5-7-12/h3-9H,2,10-11H2,1H3,(H,17,21)(H,18,23). The number of rotatable bonds is 6. The Morgan fingerprint density at radius 2 is 1.83 bits per heavy atom. The van der Waals surface area contributed by atoms with Crippen LogP contribution in [0.5, 0.6) is 0 Å². The van der Waals surface area contributed by atoms with Crippen molar-refractivity contribution in [1.82, 2.24) is 20.4 Å². The van der Waals surface area contributed by atoms with E-state index >= 15 is 0 Å². The zero-order chi connectivity index (χ0) is 16.7. The molecular weight excluding hydrogens is 296 g/mol. The molecule has 0 fully saturated rings. The van der Waals surface area contributed by atoms with E-state index in [-0.39, 0.29) is 23.7 Å². The monoisotopic (exact) mass is 314 g/mol. The van der Waals surface area contributed by atoms with Crippen LogP contribution in [-0.4, -0.2) is 34.7 Å². The molecule has 2 N–H and O–H groups in total. The van der Waals surface area contributed by atoms with Crippen LogP contribution in [0.2, 0.25) is 0 Å². The molecule has 120 valence electrons. The number of hydrogen-bond acceptors (Lipinski definition) is 4. The fourth-order valence-electron chi connectivity index (χ4n) is 1.86. The molecular formula is C16H18N4O3. The molecule has 2 amide bonds. The molecule has 0 aliphatic heterocycles. The number of nitrogens with zero attached hydrogens (tertiary/aromatic N) is 2. The number of aromatic nitrogens is 2. The molecule has 2 aromatic rings. The van der Waals surface area contributed by atoms with E-state index in [2.05, 4.69) is 15.7 Å². The lowest BCUT2D eigenvalue weighted by Gasteiger charge is -2.08. The van der Waals surface area contributed by atoms with E-state index in [0.29, 0.717) is 12.2 Å². The van der Waals surface area contributed by atoms with Gasteiger partial charge in [0.1, 0.15) is 5.69 Å². The molecule has 0 saturated carbocycles. The molecule has 0 atom stereocenters. The second-order valence-corrected chi connectivity index (χ2v) is 4.84. The van der Waals surface area contributed by atoms with Crippen LogP contribution in [0, 0.1) is 0 Å². The van der Waals surface area contributed by atoms with E-state index in [1.54, 1.807) is 24.3 Å². The average molecular weight is 314 g/mol. The quantitative estimate of drug-likeness (QED) is 0.811. The van der Waals surface area contributed by atoms with Crippen molar-refractivity contribution >= 4 is 11.8 Å². The first-order valence-corrected chi connectivity index (χ1v) is 7.32. The van der Waals surface area contributed by atoms with Gasteiger partial charge in [0, 0.05) is 12.6 Å². The molecule has 1 heterocycles. The van der Waals surface area contributed by atoms with Crippen LogP contribution in [-0.2, 0) is 4.79 Å². The molecule has 0 bridgehead atoms. The van der Waals surface area contributed by atoms with Crippen LogP contribution in [0.3, 0.4) is 0 Å². The first kappa shape index (κ1) is 16.4. The largest absolute Gasteiger partial charge is 0.355 e. The van der Waals surface area contributed by atoms with Gasteiger partial charge in [-0.2, -0.15) is 9.78 Å². The normalized spacial score (nSPS) is 10.1. The first-order chi connectivity index (χ1) is 11.1. The molecule has 0 saturated heterocycles. The van der Waals surface area contributed by atoms with Gasteiger partial charge < -0.3 is 10.6 Å². The Labute approximate surface area is 133 Å². The maximum atomic E-state index is 12.0. The van der Waals surface area contributed by atoms with Crippen molar-refractivity contribution in [3.8, 4) is 5.69 Å². The van der Waals surface area contributed by atoms with Crippen molar-refractivity contribution in [2.24, 2.45) is 0 Å². The minimum absolute atomic E-state index is 0.0664. The van der Waals surface area contributed by atoms with Gasteiger partial charge in [-0.05, 0) is 24.6 Å². The van der Waals surface area contributed by atoms with Crippen LogP contribution >= 0.6 is 0 Å². The summed E-state index contributed by atoms with van der Waals surface area (Å²) in [7, 11) is 0. The van der Waals surface area contributed by atoms with E-state index < -0.39 is 5.91 Å². The Morgan fingerprint density at radius 3 is 2.52 bits per heavy atom. The first-order valence-electron chi connectivity index (χ1n) is 7.32. The van der Waals surface area contributed by atoms with Crippen molar-refractivity contribution in [3.63, 3.8) is 0 Å². The zero-order valence-electron chi connectivity index (χ0n) is 12.8. The van der Waals surface area contributed by atoms with Crippen LogP contribution in [0.1, 0.15) is 23.8 Å². The third-order valence-electron chi connectivity index (χ3n) is 3.02. The van der Waals surface area contributed by atoms with E-state index in [9.17, 15) is 14.4 Å². The molecule has 1 aromatic carbocycles. The minimum atomic E-state index is -0.513. The highest BCUT2D eigenvalue weighted by atomic mass is 16.2. The van der Waals surface area contributed by atoms with E-state index in [1.165, 1.54) is 12.1 Å². The van der Waals surface area contributed by atoms with Crippen LogP contribution in [0.15, 0.2) is 47.3 Å². The highest BCUT2D eigenvalue weighted by Crippen LogP contribution is 2.02. The summed E-state index contributed by atoms with van der Waals surface area (Å²) in [5.41, 5.74) is 0.290. The molecule has 0 radical (unpaired) electrons. The van der Waals surface area contributed by atoms with Crippen LogP contribution < -0.4 is 16.2 Å². The summed E-state index contributed by atoms with van der Waals surface area (Å²) in [5.74, 6) is -0.780. The van der Waals surface area contributed by atoms with Gasteiger partial charge in [-0.25, -0.2) is 0 Å². The number of amides is 2. The molecule has 7 heteroatoms. The summed E-state index contributed by atoms with van der Waals surface area (Å²) in [6.07, 6.45) is 0.823. The number of hydrogen-bond donors (Lipinski definition) is 2. The number of para-hydroxylation sites is 1. The van der Waals surface area contributed by atoms with E-state index in [1.807, 2.05) is 13.0 Å². The Morgan fingerprint density at radius 1 is 1.09 bits per heavy atom. The second kappa shape index (κ2) is 7.88. The SMILES string of the molecule is CCCNC(=O)CNC(=O)c1ccc(=O)n(-c2ccccc2)n1.